The summed E-state index contributed by atoms with van der Waals surface area (Å²) in [7, 11) is 0. The predicted octanol–water partition coefficient (Wildman–Crippen LogP) is 3.03. The Morgan fingerprint density at radius 2 is 2.00 bits per heavy atom. The van der Waals surface area contributed by atoms with E-state index >= 15 is 0 Å². The van der Waals surface area contributed by atoms with Gasteiger partial charge in [-0.15, -0.1) is 0 Å². The van der Waals surface area contributed by atoms with Gasteiger partial charge in [0.25, 0.3) is 0 Å². The number of nitrogens with one attached hydrogen (secondary N) is 2. The molecule has 1 heterocycles. The van der Waals surface area contributed by atoms with Gasteiger partial charge in [-0.2, -0.15) is 0 Å². The molecule has 0 saturated heterocycles. The summed E-state index contributed by atoms with van der Waals surface area (Å²) < 4.78 is 0. The molecular weight excluding hydrogens is 249 g/mol. The van der Waals surface area contributed by atoms with Crippen LogP contribution in [0.25, 0.3) is 0 Å². The Morgan fingerprint density at radius 1 is 1.31 bits per heavy atom. The van der Waals surface area contributed by atoms with Gasteiger partial charge in [-0.1, -0.05) is 23.2 Å². The van der Waals surface area contributed by atoms with Crippen LogP contribution < -0.4 is 5.32 Å². The first-order valence-electron chi connectivity index (χ1n) is 4.56. The second-order valence-electron chi connectivity index (χ2n) is 3.22. The average Bonchev–Trinajstić information content (AvgIpc) is 2.75. The lowest BCUT2D eigenvalue weighted by Crippen LogP contribution is -1.99. The van der Waals surface area contributed by atoms with Gasteiger partial charge in [-0.3, -0.25) is 0 Å². The van der Waals surface area contributed by atoms with Gasteiger partial charge in [0.1, 0.15) is 0 Å². The van der Waals surface area contributed by atoms with E-state index < -0.39 is 0 Å². The molecule has 0 unspecified atom stereocenters. The largest absolute Gasteiger partial charge is 0.505 e. The van der Waals surface area contributed by atoms with Crippen molar-refractivity contribution in [2.24, 2.45) is 0 Å². The molecule has 84 valence electrons. The van der Waals surface area contributed by atoms with Gasteiger partial charge in [0.15, 0.2) is 5.75 Å². The van der Waals surface area contributed by atoms with E-state index in [2.05, 4.69) is 15.3 Å². The van der Waals surface area contributed by atoms with Crippen LogP contribution >= 0.6 is 23.2 Å². The molecule has 0 amide bonds. The Balaban J connectivity index is 2.10. The molecule has 3 N–H and O–H groups in total. The zero-order valence-corrected chi connectivity index (χ0v) is 9.68. The Bertz CT molecular complexity index is 462. The van der Waals surface area contributed by atoms with Gasteiger partial charge in [0.05, 0.1) is 28.6 Å². The van der Waals surface area contributed by atoms with E-state index in [0.29, 0.717) is 6.54 Å². The summed E-state index contributed by atoms with van der Waals surface area (Å²) in [6, 6.07) is 3.22. The maximum absolute atomic E-state index is 9.38. The van der Waals surface area contributed by atoms with Crippen molar-refractivity contribution >= 4 is 28.9 Å². The third kappa shape index (κ3) is 2.40. The highest BCUT2D eigenvalue weighted by atomic mass is 35.5. The fraction of sp³-hybridized carbons (Fsp3) is 0.100. The number of imidazole rings is 1. The topological polar surface area (TPSA) is 60.9 Å². The number of aromatic hydroxyl groups is 1. The Morgan fingerprint density at radius 3 is 2.56 bits per heavy atom. The van der Waals surface area contributed by atoms with E-state index in [1.807, 2.05) is 0 Å². The van der Waals surface area contributed by atoms with Gasteiger partial charge in [-0.25, -0.2) is 4.98 Å². The summed E-state index contributed by atoms with van der Waals surface area (Å²) in [5.41, 5.74) is 1.68. The lowest BCUT2D eigenvalue weighted by atomic mass is 10.3. The van der Waals surface area contributed by atoms with Crippen LogP contribution in [0.15, 0.2) is 24.7 Å². The van der Waals surface area contributed by atoms with Crippen LogP contribution in [0.5, 0.6) is 5.75 Å². The minimum absolute atomic E-state index is 0.101. The SMILES string of the molecule is Oc1c(Cl)cc(NCc2cnc[nH]2)cc1Cl. The highest BCUT2D eigenvalue weighted by Crippen LogP contribution is 2.34. The van der Waals surface area contributed by atoms with Crippen molar-refractivity contribution in [2.75, 3.05) is 5.32 Å². The molecular formula is C10H9Cl2N3O. The molecule has 0 aliphatic heterocycles. The molecule has 16 heavy (non-hydrogen) atoms. The van der Waals surface area contributed by atoms with Gasteiger partial charge >= 0.3 is 0 Å². The van der Waals surface area contributed by atoms with Crippen LogP contribution in [0.1, 0.15) is 5.69 Å². The van der Waals surface area contributed by atoms with Crippen LogP contribution in [0, 0.1) is 0 Å². The maximum atomic E-state index is 9.38. The van der Waals surface area contributed by atoms with Crippen molar-refractivity contribution in [3.05, 3.63) is 40.4 Å². The monoisotopic (exact) mass is 257 g/mol. The van der Waals surface area contributed by atoms with Gasteiger partial charge < -0.3 is 15.4 Å². The minimum Gasteiger partial charge on any atom is -0.505 e. The van der Waals surface area contributed by atoms with Crippen molar-refractivity contribution in [3.8, 4) is 5.75 Å². The van der Waals surface area contributed by atoms with Crippen molar-refractivity contribution < 1.29 is 5.11 Å². The van der Waals surface area contributed by atoms with Crippen molar-refractivity contribution in [3.63, 3.8) is 0 Å². The molecule has 0 bridgehead atoms. The molecule has 1 aromatic carbocycles. The van der Waals surface area contributed by atoms with Crippen molar-refractivity contribution in [1.29, 1.82) is 0 Å². The summed E-state index contributed by atoms with van der Waals surface area (Å²) in [4.78, 5) is 6.86. The Labute approximate surface area is 102 Å². The number of rotatable bonds is 3. The number of phenols is 1. The smallest absolute Gasteiger partial charge is 0.152 e. The Kier molecular flexibility index (Phi) is 3.22. The van der Waals surface area contributed by atoms with E-state index in [0.717, 1.165) is 11.4 Å². The molecule has 0 fully saturated rings. The molecule has 0 radical (unpaired) electrons. The van der Waals surface area contributed by atoms with Crippen LogP contribution in [-0.4, -0.2) is 15.1 Å². The normalized spacial score (nSPS) is 10.4. The Hall–Kier alpha value is -1.39. The van der Waals surface area contributed by atoms with E-state index in [9.17, 15) is 5.11 Å². The zero-order chi connectivity index (χ0) is 11.5. The number of halogens is 2. The van der Waals surface area contributed by atoms with Crippen LogP contribution in [0.3, 0.4) is 0 Å². The number of anilines is 1. The standard InChI is InChI=1S/C10H9Cl2N3O/c11-8-1-6(2-9(12)10(8)16)14-4-7-3-13-5-15-7/h1-3,5,14,16H,4H2,(H,13,15). The predicted molar refractivity (Wildman–Crippen MR) is 64.0 cm³/mol. The number of aromatic nitrogens is 2. The summed E-state index contributed by atoms with van der Waals surface area (Å²) in [6.07, 6.45) is 3.32. The van der Waals surface area contributed by atoms with E-state index in [1.165, 1.54) is 0 Å². The third-order valence-electron chi connectivity index (χ3n) is 2.05. The minimum atomic E-state index is -0.101. The number of aromatic amines is 1. The highest BCUT2D eigenvalue weighted by molar-refractivity contribution is 6.37. The van der Waals surface area contributed by atoms with E-state index in [4.69, 9.17) is 23.2 Å². The highest BCUT2D eigenvalue weighted by Gasteiger charge is 2.06. The van der Waals surface area contributed by atoms with Crippen molar-refractivity contribution in [2.45, 2.75) is 6.54 Å². The third-order valence-corrected chi connectivity index (χ3v) is 2.63. The van der Waals surface area contributed by atoms with Crippen LogP contribution in [0.4, 0.5) is 5.69 Å². The molecule has 0 aliphatic carbocycles. The first-order valence-corrected chi connectivity index (χ1v) is 5.31. The molecule has 6 heteroatoms. The number of hydrogen-bond acceptors (Lipinski definition) is 3. The quantitative estimate of drug-likeness (QED) is 0.741. The molecule has 0 aliphatic rings. The summed E-state index contributed by atoms with van der Waals surface area (Å²) in [6.45, 7) is 0.581. The lowest BCUT2D eigenvalue weighted by molar-refractivity contribution is 0.476. The molecule has 0 spiro atoms. The average molecular weight is 258 g/mol. The van der Waals surface area contributed by atoms with E-state index in [-0.39, 0.29) is 15.8 Å². The second-order valence-corrected chi connectivity index (χ2v) is 4.03. The van der Waals surface area contributed by atoms with Gasteiger partial charge in [-0.05, 0) is 12.1 Å². The number of H-pyrrole nitrogens is 1. The van der Waals surface area contributed by atoms with Crippen LogP contribution in [-0.2, 0) is 6.54 Å². The molecule has 2 aromatic rings. The number of benzene rings is 1. The summed E-state index contributed by atoms with van der Waals surface area (Å²) in [5.74, 6) is -0.101. The first kappa shape index (κ1) is 11.1. The van der Waals surface area contributed by atoms with Gasteiger partial charge in [0.2, 0.25) is 0 Å². The number of nitrogens with zero attached hydrogens (tertiary/aromatic N) is 1. The first-order chi connectivity index (χ1) is 7.66. The lowest BCUT2D eigenvalue weighted by Gasteiger charge is -2.07. The summed E-state index contributed by atoms with van der Waals surface area (Å²) >= 11 is 11.6. The van der Waals surface area contributed by atoms with Crippen LogP contribution in [0.2, 0.25) is 10.0 Å². The fourth-order valence-electron chi connectivity index (χ4n) is 1.25. The fourth-order valence-corrected chi connectivity index (χ4v) is 1.73. The van der Waals surface area contributed by atoms with Crippen molar-refractivity contribution in [1.82, 2.24) is 9.97 Å². The number of hydrogen-bond donors (Lipinski definition) is 3. The maximum Gasteiger partial charge on any atom is 0.152 e. The molecule has 4 nitrogen and oxygen atoms in total. The molecule has 0 saturated carbocycles. The molecule has 0 atom stereocenters. The second kappa shape index (κ2) is 4.63. The molecule has 1 aromatic heterocycles. The summed E-state index contributed by atoms with van der Waals surface area (Å²) in [5, 5.41) is 12.9. The van der Waals surface area contributed by atoms with Gasteiger partial charge in [0, 0.05) is 11.9 Å². The zero-order valence-electron chi connectivity index (χ0n) is 8.17. The molecule has 2 rings (SSSR count). The van der Waals surface area contributed by atoms with E-state index in [1.54, 1.807) is 24.7 Å². The number of phenolic OH excluding ortho intramolecular Hbond substituents is 1.